The molecule has 0 radical (unpaired) electrons. The Bertz CT molecular complexity index is 1350. The SMILES string of the molecule is Cc1cc(S(=O)(=O)N(OC(=O)C(F)(F)F)c2cscn2)ncc1N(C)C1CCN(Cc2ccccc2)CC1. The molecule has 0 unspecified atom stereocenters. The lowest BCUT2D eigenvalue weighted by Gasteiger charge is -2.38. The topological polar surface area (TPSA) is 95.9 Å². The monoisotopic (exact) mass is 569 g/mol. The molecule has 204 valence electrons. The van der Waals surface area contributed by atoms with Crippen LogP contribution in [0.5, 0.6) is 0 Å². The van der Waals surface area contributed by atoms with Crippen molar-refractivity contribution in [1.82, 2.24) is 14.9 Å². The van der Waals surface area contributed by atoms with Gasteiger partial charge in [0.15, 0.2) is 10.8 Å². The van der Waals surface area contributed by atoms with Gasteiger partial charge in [-0.2, -0.15) is 21.6 Å². The van der Waals surface area contributed by atoms with Crippen LogP contribution in [0.4, 0.5) is 24.7 Å². The van der Waals surface area contributed by atoms with E-state index >= 15 is 0 Å². The molecule has 0 aliphatic carbocycles. The fourth-order valence-electron chi connectivity index (χ4n) is 4.26. The number of pyridine rings is 1. The number of aromatic nitrogens is 2. The largest absolute Gasteiger partial charge is 0.493 e. The minimum atomic E-state index is -5.41. The van der Waals surface area contributed by atoms with Crippen molar-refractivity contribution in [2.75, 3.05) is 29.5 Å². The third-order valence-corrected chi connectivity index (χ3v) is 8.30. The molecule has 9 nitrogen and oxygen atoms in total. The van der Waals surface area contributed by atoms with Crippen LogP contribution in [-0.4, -0.2) is 61.6 Å². The summed E-state index contributed by atoms with van der Waals surface area (Å²) in [7, 11) is -2.90. The van der Waals surface area contributed by atoms with Crippen LogP contribution >= 0.6 is 11.3 Å². The summed E-state index contributed by atoms with van der Waals surface area (Å²) in [5.41, 5.74) is 3.69. The van der Waals surface area contributed by atoms with E-state index in [9.17, 15) is 26.4 Å². The minimum absolute atomic E-state index is 0.146. The first-order chi connectivity index (χ1) is 18.0. The maximum Gasteiger partial charge on any atom is 0.493 e. The van der Waals surface area contributed by atoms with Crippen molar-refractivity contribution in [3.8, 4) is 0 Å². The van der Waals surface area contributed by atoms with Gasteiger partial charge in [-0.25, -0.2) is 14.8 Å². The number of hydrogen-bond donors (Lipinski definition) is 0. The summed E-state index contributed by atoms with van der Waals surface area (Å²) in [5, 5.41) is 0.563. The summed E-state index contributed by atoms with van der Waals surface area (Å²) >= 11 is 0.919. The number of benzene rings is 1. The number of thiazole rings is 1. The summed E-state index contributed by atoms with van der Waals surface area (Å²) in [6.45, 7) is 4.36. The fourth-order valence-corrected chi connectivity index (χ4v) is 6.03. The van der Waals surface area contributed by atoms with Gasteiger partial charge in [0.1, 0.15) is 0 Å². The number of sulfonamides is 1. The van der Waals surface area contributed by atoms with Crippen LogP contribution in [0.15, 0.2) is 58.5 Å². The lowest BCUT2D eigenvalue weighted by atomic mass is 10.0. The fraction of sp³-hybridized carbons (Fsp3) is 0.375. The normalized spacial score (nSPS) is 15.3. The number of alkyl halides is 3. The van der Waals surface area contributed by atoms with E-state index in [1.54, 1.807) is 6.92 Å². The molecule has 1 saturated heterocycles. The summed E-state index contributed by atoms with van der Waals surface area (Å²) < 4.78 is 64.7. The van der Waals surface area contributed by atoms with E-state index in [4.69, 9.17) is 0 Å². The van der Waals surface area contributed by atoms with Crippen LogP contribution < -0.4 is 9.37 Å². The van der Waals surface area contributed by atoms with Crippen LogP contribution in [0, 0.1) is 6.92 Å². The third-order valence-electron chi connectivity index (χ3n) is 6.28. The van der Waals surface area contributed by atoms with Crippen molar-refractivity contribution >= 4 is 38.8 Å². The molecule has 1 aliphatic heterocycles. The number of carbonyl (C=O) groups is 1. The Morgan fingerprint density at radius 2 is 1.87 bits per heavy atom. The molecule has 2 aromatic heterocycles. The number of aryl methyl sites for hydroxylation is 1. The quantitative estimate of drug-likeness (QED) is 0.373. The van der Waals surface area contributed by atoms with Crippen molar-refractivity contribution in [3.05, 3.63) is 64.6 Å². The molecule has 0 atom stereocenters. The van der Waals surface area contributed by atoms with Gasteiger partial charge in [0.25, 0.3) is 0 Å². The first-order valence-corrected chi connectivity index (χ1v) is 14.0. The molecule has 1 fully saturated rings. The van der Waals surface area contributed by atoms with E-state index in [0.29, 0.717) is 11.3 Å². The number of halogens is 3. The molecule has 3 aromatic rings. The van der Waals surface area contributed by atoms with Gasteiger partial charge in [0.05, 0.1) is 17.4 Å². The number of piperidine rings is 1. The van der Waals surface area contributed by atoms with Gasteiger partial charge in [-0.1, -0.05) is 34.8 Å². The molecule has 3 heterocycles. The number of carbonyl (C=O) groups excluding carboxylic acids is 1. The number of rotatable bonds is 8. The third kappa shape index (κ3) is 6.25. The summed E-state index contributed by atoms with van der Waals surface area (Å²) in [4.78, 5) is 27.8. The second kappa shape index (κ2) is 11.3. The van der Waals surface area contributed by atoms with E-state index in [2.05, 4.69) is 31.8 Å². The number of likely N-dealkylation sites (tertiary alicyclic amines) is 1. The first-order valence-electron chi connectivity index (χ1n) is 11.6. The highest BCUT2D eigenvalue weighted by Gasteiger charge is 2.45. The Hall–Kier alpha value is -3.23. The second-order valence-electron chi connectivity index (χ2n) is 8.87. The van der Waals surface area contributed by atoms with Crippen LogP contribution in [0.3, 0.4) is 0 Å². The van der Waals surface area contributed by atoms with Crippen molar-refractivity contribution < 1.29 is 31.2 Å². The predicted octanol–water partition coefficient (Wildman–Crippen LogP) is 4.16. The maximum atomic E-state index is 13.2. The number of nitrogens with zero attached hydrogens (tertiary/aromatic N) is 5. The Labute approximate surface area is 222 Å². The summed E-state index contributed by atoms with van der Waals surface area (Å²) in [6, 6.07) is 11.7. The molecule has 1 aromatic carbocycles. The van der Waals surface area contributed by atoms with Gasteiger partial charge >= 0.3 is 22.2 Å². The molecule has 38 heavy (non-hydrogen) atoms. The standard InChI is InChI=1S/C24H26F3N5O4S2/c1-17-12-22(38(34,35)32(21-15-37-16-29-21)36-23(33)24(25,26)27)28-13-20(17)30(2)19-8-10-31(11-9-19)14-18-6-4-3-5-7-18/h3-7,12-13,15-16,19H,8-11,14H2,1-2H3. The molecule has 0 amide bonds. The highest BCUT2D eigenvalue weighted by Crippen LogP contribution is 2.30. The van der Waals surface area contributed by atoms with E-state index in [1.807, 2.05) is 30.1 Å². The van der Waals surface area contributed by atoms with Crippen LogP contribution in [-0.2, 0) is 26.2 Å². The average Bonchev–Trinajstić information content (AvgIpc) is 3.41. The Morgan fingerprint density at radius 3 is 2.45 bits per heavy atom. The number of anilines is 2. The van der Waals surface area contributed by atoms with E-state index in [0.717, 1.165) is 49.2 Å². The summed E-state index contributed by atoms with van der Waals surface area (Å²) in [6.07, 6.45) is -2.25. The molecular formula is C24H26F3N5O4S2. The second-order valence-corrected chi connectivity index (χ2v) is 11.3. The van der Waals surface area contributed by atoms with Crippen molar-refractivity contribution in [2.45, 2.75) is 43.6 Å². The van der Waals surface area contributed by atoms with Gasteiger partial charge in [-0.05, 0) is 37.0 Å². The van der Waals surface area contributed by atoms with Crippen molar-refractivity contribution in [3.63, 3.8) is 0 Å². The Kier molecular flexibility index (Phi) is 8.23. The first kappa shape index (κ1) is 27.8. The summed E-state index contributed by atoms with van der Waals surface area (Å²) in [5.74, 6) is -3.18. The van der Waals surface area contributed by atoms with Crippen molar-refractivity contribution in [2.24, 2.45) is 0 Å². The molecule has 0 bridgehead atoms. The predicted molar refractivity (Wildman–Crippen MR) is 136 cm³/mol. The van der Waals surface area contributed by atoms with E-state index in [1.165, 1.54) is 23.3 Å². The van der Waals surface area contributed by atoms with E-state index < -0.39 is 33.0 Å². The number of hydrogen-bond acceptors (Lipinski definition) is 9. The van der Waals surface area contributed by atoms with Gasteiger partial charge in [-0.15, -0.1) is 11.3 Å². The van der Waals surface area contributed by atoms with Crippen LogP contribution in [0.2, 0.25) is 0 Å². The lowest BCUT2D eigenvalue weighted by molar-refractivity contribution is -0.199. The molecular weight excluding hydrogens is 543 g/mol. The van der Waals surface area contributed by atoms with Gasteiger partial charge < -0.3 is 9.74 Å². The smallest absolute Gasteiger partial charge is 0.370 e. The lowest BCUT2D eigenvalue weighted by Crippen LogP contribution is -2.43. The van der Waals surface area contributed by atoms with Crippen LogP contribution in [0.25, 0.3) is 0 Å². The van der Waals surface area contributed by atoms with Gasteiger partial charge in [0, 0.05) is 38.1 Å². The average molecular weight is 570 g/mol. The van der Waals surface area contributed by atoms with E-state index in [-0.39, 0.29) is 10.5 Å². The molecule has 0 saturated carbocycles. The molecule has 0 N–H and O–H groups in total. The van der Waals surface area contributed by atoms with Gasteiger partial charge in [0.2, 0.25) is 0 Å². The van der Waals surface area contributed by atoms with Crippen LogP contribution in [0.1, 0.15) is 24.0 Å². The molecule has 1 aliphatic rings. The van der Waals surface area contributed by atoms with Gasteiger partial charge in [-0.3, -0.25) is 4.90 Å². The minimum Gasteiger partial charge on any atom is -0.370 e. The zero-order valence-corrected chi connectivity index (χ0v) is 22.3. The molecule has 14 heteroatoms. The molecule has 0 spiro atoms. The highest BCUT2D eigenvalue weighted by atomic mass is 32.2. The molecule has 4 rings (SSSR count). The van der Waals surface area contributed by atoms with Crippen molar-refractivity contribution in [1.29, 1.82) is 0 Å². The highest BCUT2D eigenvalue weighted by molar-refractivity contribution is 7.92. The zero-order valence-electron chi connectivity index (χ0n) is 20.6. The maximum absolute atomic E-state index is 13.2. The zero-order chi connectivity index (χ0) is 27.5. The Morgan fingerprint density at radius 1 is 1.18 bits per heavy atom. The Balaban J connectivity index is 1.48.